The number of likely N-dealkylation sites (tertiary alicyclic amines) is 1. The Hall–Kier alpha value is -3.65. The Bertz CT molecular complexity index is 1180. The molecule has 3 aromatic carbocycles. The Morgan fingerprint density at radius 3 is 2.15 bits per heavy atom. The van der Waals surface area contributed by atoms with Gasteiger partial charge >= 0.3 is 6.18 Å². The summed E-state index contributed by atoms with van der Waals surface area (Å²) >= 11 is 0. The Balaban J connectivity index is 1.55. The van der Waals surface area contributed by atoms with E-state index in [1.165, 1.54) is 17.2 Å². The zero-order valence-corrected chi connectivity index (χ0v) is 17.3. The standard InChI is InChI=1S/C25H19F3N2O3/c26-25(27,28)18-11-7-10-17(14-18)21-20-22(33-30(21)19-12-5-2-6-13-19)24(32)29(23(20)31)15-16-8-3-1-4-9-16/h1-14,20-22H,15H2/t20-,21+,22-/m1/s1. The van der Waals surface area contributed by atoms with E-state index in [4.69, 9.17) is 4.84 Å². The Kier molecular flexibility index (Phi) is 5.17. The number of benzene rings is 3. The zero-order valence-electron chi connectivity index (χ0n) is 17.3. The van der Waals surface area contributed by atoms with Crippen LogP contribution in [0.2, 0.25) is 0 Å². The van der Waals surface area contributed by atoms with Gasteiger partial charge in [-0.3, -0.25) is 19.3 Å². The maximum atomic E-state index is 13.4. The van der Waals surface area contributed by atoms with E-state index in [1.807, 2.05) is 6.07 Å². The molecular formula is C25H19F3N2O3. The Morgan fingerprint density at radius 2 is 1.48 bits per heavy atom. The second kappa shape index (κ2) is 8.04. The average Bonchev–Trinajstić information content (AvgIpc) is 3.32. The summed E-state index contributed by atoms with van der Waals surface area (Å²) in [6, 6.07) is 21.7. The van der Waals surface area contributed by atoms with Gasteiger partial charge in [-0.25, -0.2) is 5.06 Å². The molecule has 2 fully saturated rings. The maximum Gasteiger partial charge on any atom is 0.416 e. The summed E-state index contributed by atoms with van der Waals surface area (Å²) < 4.78 is 40.2. The fraction of sp³-hybridized carbons (Fsp3) is 0.200. The molecule has 168 valence electrons. The monoisotopic (exact) mass is 452 g/mol. The maximum absolute atomic E-state index is 13.4. The molecule has 0 radical (unpaired) electrons. The van der Waals surface area contributed by atoms with Crippen molar-refractivity contribution < 1.29 is 27.6 Å². The van der Waals surface area contributed by atoms with E-state index in [9.17, 15) is 22.8 Å². The first-order valence-corrected chi connectivity index (χ1v) is 10.4. The van der Waals surface area contributed by atoms with Gasteiger partial charge < -0.3 is 0 Å². The molecule has 5 nitrogen and oxygen atoms in total. The quantitative estimate of drug-likeness (QED) is 0.536. The number of para-hydroxylation sites is 1. The molecule has 0 N–H and O–H groups in total. The third-order valence-electron chi connectivity index (χ3n) is 5.96. The van der Waals surface area contributed by atoms with Crippen LogP contribution in [-0.2, 0) is 27.1 Å². The van der Waals surface area contributed by atoms with Crippen LogP contribution in [0.25, 0.3) is 0 Å². The molecule has 8 heteroatoms. The first-order valence-electron chi connectivity index (χ1n) is 10.4. The summed E-state index contributed by atoms with van der Waals surface area (Å²) in [7, 11) is 0. The lowest BCUT2D eigenvalue weighted by Crippen LogP contribution is -2.37. The highest BCUT2D eigenvalue weighted by Crippen LogP contribution is 2.47. The minimum Gasteiger partial charge on any atom is -0.275 e. The lowest BCUT2D eigenvalue weighted by atomic mass is 9.89. The van der Waals surface area contributed by atoms with Crippen molar-refractivity contribution in [3.05, 3.63) is 102 Å². The fourth-order valence-electron chi connectivity index (χ4n) is 4.43. The largest absolute Gasteiger partial charge is 0.416 e. The molecule has 3 aromatic rings. The van der Waals surface area contributed by atoms with Crippen LogP contribution in [0.3, 0.4) is 0 Å². The van der Waals surface area contributed by atoms with Crippen LogP contribution in [0, 0.1) is 5.92 Å². The summed E-state index contributed by atoms with van der Waals surface area (Å²) in [5.74, 6) is -1.93. The van der Waals surface area contributed by atoms with Crippen molar-refractivity contribution in [1.82, 2.24) is 4.90 Å². The van der Waals surface area contributed by atoms with Crippen LogP contribution >= 0.6 is 0 Å². The van der Waals surface area contributed by atoms with Crippen LogP contribution in [0.4, 0.5) is 18.9 Å². The molecule has 0 bridgehead atoms. The number of hydrogen-bond donors (Lipinski definition) is 0. The van der Waals surface area contributed by atoms with Gasteiger partial charge in [-0.1, -0.05) is 60.7 Å². The third-order valence-corrected chi connectivity index (χ3v) is 5.96. The van der Waals surface area contributed by atoms with Gasteiger partial charge in [0.25, 0.3) is 5.91 Å². The smallest absolute Gasteiger partial charge is 0.275 e. The van der Waals surface area contributed by atoms with Gasteiger partial charge in [0.1, 0.15) is 5.92 Å². The molecule has 2 amide bonds. The van der Waals surface area contributed by atoms with E-state index in [2.05, 4.69) is 0 Å². The molecular weight excluding hydrogens is 433 g/mol. The first-order chi connectivity index (χ1) is 15.8. The Labute approximate surface area is 187 Å². The predicted octanol–water partition coefficient (Wildman–Crippen LogP) is 4.75. The number of carbonyl (C=O) groups is 2. The number of nitrogens with zero attached hydrogens (tertiary/aromatic N) is 2. The topological polar surface area (TPSA) is 49.9 Å². The van der Waals surface area contributed by atoms with E-state index in [0.29, 0.717) is 5.69 Å². The molecule has 2 aliphatic rings. The molecule has 2 saturated heterocycles. The van der Waals surface area contributed by atoms with E-state index >= 15 is 0 Å². The summed E-state index contributed by atoms with van der Waals surface area (Å²) in [5, 5.41) is 1.39. The van der Waals surface area contributed by atoms with Crippen LogP contribution in [-0.4, -0.2) is 22.8 Å². The number of alkyl halides is 3. The average molecular weight is 452 g/mol. The van der Waals surface area contributed by atoms with E-state index in [0.717, 1.165) is 22.6 Å². The minimum absolute atomic E-state index is 0.0789. The van der Waals surface area contributed by atoms with Gasteiger partial charge in [0.15, 0.2) is 6.10 Å². The number of hydrogen-bond acceptors (Lipinski definition) is 4. The molecule has 0 aliphatic carbocycles. The Morgan fingerprint density at radius 1 is 0.818 bits per heavy atom. The summed E-state index contributed by atoms with van der Waals surface area (Å²) in [6.45, 7) is 0.0789. The highest BCUT2D eigenvalue weighted by Gasteiger charge is 2.59. The van der Waals surface area contributed by atoms with Crippen LogP contribution in [0.5, 0.6) is 0 Å². The van der Waals surface area contributed by atoms with Crippen LogP contribution in [0.1, 0.15) is 22.7 Å². The van der Waals surface area contributed by atoms with Crippen molar-refractivity contribution in [3.63, 3.8) is 0 Å². The van der Waals surface area contributed by atoms with Crippen LogP contribution < -0.4 is 5.06 Å². The molecule has 2 heterocycles. The summed E-state index contributed by atoms with van der Waals surface area (Å²) in [4.78, 5) is 33.7. The SMILES string of the molecule is O=C1[C@H]2[C@@H](ON(c3ccccc3)[C@H]2c2cccc(C(F)(F)F)c2)C(=O)N1Cc1ccccc1. The van der Waals surface area contributed by atoms with Crippen molar-refractivity contribution in [3.8, 4) is 0 Å². The molecule has 3 atom stereocenters. The second-order valence-corrected chi connectivity index (χ2v) is 8.03. The van der Waals surface area contributed by atoms with Crippen molar-refractivity contribution in [2.45, 2.75) is 24.9 Å². The second-order valence-electron chi connectivity index (χ2n) is 8.03. The molecule has 33 heavy (non-hydrogen) atoms. The summed E-state index contributed by atoms with van der Waals surface area (Å²) in [5.41, 5.74) is 0.748. The van der Waals surface area contributed by atoms with Gasteiger partial charge in [0, 0.05) is 0 Å². The van der Waals surface area contributed by atoms with Gasteiger partial charge in [-0.2, -0.15) is 13.2 Å². The van der Waals surface area contributed by atoms with Gasteiger partial charge in [-0.05, 0) is 35.4 Å². The van der Waals surface area contributed by atoms with E-state index in [-0.39, 0.29) is 12.1 Å². The van der Waals surface area contributed by atoms with Crippen molar-refractivity contribution in [2.24, 2.45) is 5.92 Å². The molecule has 0 spiro atoms. The number of carbonyl (C=O) groups excluding carboxylic acids is 2. The van der Waals surface area contributed by atoms with Crippen molar-refractivity contribution in [2.75, 3.05) is 5.06 Å². The first kappa shape index (κ1) is 21.2. The number of halogens is 3. The number of fused-ring (bicyclic) bond motifs is 1. The number of imide groups is 1. The van der Waals surface area contributed by atoms with Gasteiger partial charge in [-0.15, -0.1) is 0 Å². The molecule has 0 aromatic heterocycles. The molecule has 2 aliphatic heterocycles. The van der Waals surface area contributed by atoms with Gasteiger partial charge in [0.05, 0.1) is 23.8 Å². The zero-order chi connectivity index (χ0) is 23.2. The third kappa shape index (κ3) is 3.76. The van der Waals surface area contributed by atoms with Crippen molar-refractivity contribution in [1.29, 1.82) is 0 Å². The van der Waals surface area contributed by atoms with Crippen LogP contribution in [0.15, 0.2) is 84.9 Å². The fourth-order valence-corrected chi connectivity index (χ4v) is 4.43. The molecule has 0 unspecified atom stereocenters. The number of hydroxylamine groups is 1. The summed E-state index contributed by atoms with van der Waals surface area (Å²) in [6.07, 6.45) is -5.65. The number of anilines is 1. The van der Waals surface area contributed by atoms with Gasteiger partial charge in [0.2, 0.25) is 5.91 Å². The number of amides is 2. The number of rotatable bonds is 4. The molecule has 5 rings (SSSR count). The normalized spacial score (nSPS) is 22.7. The van der Waals surface area contributed by atoms with E-state index in [1.54, 1.807) is 54.6 Å². The van der Waals surface area contributed by atoms with Crippen molar-refractivity contribution >= 4 is 17.5 Å². The lowest BCUT2D eigenvalue weighted by Gasteiger charge is -2.29. The highest BCUT2D eigenvalue weighted by atomic mass is 19.4. The minimum atomic E-state index is -4.54. The van der Waals surface area contributed by atoms with E-state index < -0.39 is 41.6 Å². The lowest BCUT2D eigenvalue weighted by molar-refractivity contribution is -0.143. The highest BCUT2D eigenvalue weighted by molar-refractivity contribution is 6.07. The predicted molar refractivity (Wildman–Crippen MR) is 113 cm³/mol. The molecule has 0 saturated carbocycles.